The summed E-state index contributed by atoms with van der Waals surface area (Å²) in [5.41, 5.74) is 3.39. The molecule has 0 fully saturated rings. The van der Waals surface area contributed by atoms with Crippen molar-refractivity contribution in [1.29, 1.82) is 0 Å². The number of aliphatic imine (C=N–C) groups is 1. The third kappa shape index (κ3) is 6.16. The fourth-order valence-electron chi connectivity index (χ4n) is 3.28. The van der Waals surface area contributed by atoms with Gasteiger partial charge in [-0.1, -0.05) is 12.1 Å². The first-order valence-electron chi connectivity index (χ1n) is 9.65. The van der Waals surface area contributed by atoms with E-state index in [2.05, 4.69) is 40.7 Å². The molecule has 2 aromatic carbocycles. The van der Waals surface area contributed by atoms with E-state index in [9.17, 15) is 0 Å². The van der Waals surface area contributed by atoms with Crippen molar-refractivity contribution < 1.29 is 14.2 Å². The number of rotatable bonds is 7. The smallest absolute Gasteiger partial charge is 0.191 e. The number of benzene rings is 2. The van der Waals surface area contributed by atoms with Gasteiger partial charge >= 0.3 is 0 Å². The molecular formula is C22H30IN3O3. The van der Waals surface area contributed by atoms with Crippen LogP contribution in [0.25, 0.3) is 0 Å². The number of hydrogen-bond acceptors (Lipinski definition) is 4. The molecule has 0 saturated heterocycles. The van der Waals surface area contributed by atoms with Crippen molar-refractivity contribution in [3.8, 4) is 17.2 Å². The van der Waals surface area contributed by atoms with Crippen LogP contribution in [0.15, 0.2) is 41.4 Å². The van der Waals surface area contributed by atoms with Crippen LogP contribution < -0.4 is 24.8 Å². The van der Waals surface area contributed by atoms with Gasteiger partial charge in [0.05, 0.1) is 13.7 Å². The summed E-state index contributed by atoms with van der Waals surface area (Å²) in [6.45, 7) is 5.96. The van der Waals surface area contributed by atoms with Crippen LogP contribution in [0.4, 0.5) is 0 Å². The predicted octanol–water partition coefficient (Wildman–Crippen LogP) is 3.90. The van der Waals surface area contributed by atoms with Crippen molar-refractivity contribution in [3.05, 3.63) is 53.1 Å². The van der Waals surface area contributed by atoms with E-state index < -0.39 is 0 Å². The minimum Gasteiger partial charge on any atom is -0.497 e. The molecule has 6 nitrogen and oxygen atoms in total. The summed E-state index contributed by atoms with van der Waals surface area (Å²) < 4.78 is 17.0. The summed E-state index contributed by atoms with van der Waals surface area (Å²) in [6.07, 6.45) is 1.14. The largest absolute Gasteiger partial charge is 0.497 e. The molecule has 2 aromatic rings. The highest BCUT2D eigenvalue weighted by Crippen LogP contribution is 2.35. The Morgan fingerprint density at radius 1 is 1.21 bits per heavy atom. The van der Waals surface area contributed by atoms with Crippen molar-refractivity contribution in [2.75, 3.05) is 20.8 Å². The number of ether oxygens (including phenoxy) is 3. The lowest BCUT2D eigenvalue weighted by molar-refractivity contribution is 0.254. The number of hydrogen-bond donors (Lipinski definition) is 2. The molecule has 3 rings (SSSR count). The minimum atomic E-state index is 0. The molecule has 1 atom stereocenters. The van der Waals surface area contributed by atoms with Crippen LogP contribution in [0.1, 0.15) is 30.5 Å². The Balaban J connectivity index is 0.00000300. The predicted molar refractivity (Wildman–Crippen MR) is 127 cm³/mol. The molecule has 0 saturated carbocycles. The second kappa shape index (κ2) is 11.1. The monoisotopic (exact) mass is 511 g/mol. The van der Waals surface area contributed by atoms with E-state index in [-0.39, 0.29) is 30.1 Å². The van der Waals surface area contributed by atoms with Crippen LogP contribution >= 0.6 is 24.0 Å². The summed E-state index contributed by atoms with van der Waals surface area (Å²) in [5.74, 6) is 3.41. The van der Waals surface area contributed by atoms with Gasteiger partial charge in [-0.2, -0.15) is 0 Å². The molecular weight excluding hydrogens is 481 g/mol. The molecule has 7 heteroatoms. The fourth-order valence-corrected chi connectivity index (χ4v) is 3.28. The van der Waals surface area contributed by atoms with Crippen molar-refractivity contribution in [3.63, 3.8) is 0 Å². The molecule has 1 unspecified atom stereocenters. The standard InChI is InChI=1S/C22H29N3O3.HI/c1-5-27-20-11-17-9-15(2)28-21(17)12-18(20)14-25-22(23-3)24-13-16-7-6-8-19(10-16)26-4;/h6-8,10-12,15H,5,9,13-14H2,1-4H3,(H2,23,24,25);1H. The topological polar surface area (TPSA) is 64.1 Å². The maximum Gasteiger partial charge on any atom is 0.191 e. The summed E-state index contributed by atoms with van der Waals surface area (Å²) in [5, 5.41) is 6.69. The van der Waals surface area contributed by atoms with E-state index in [1.807, 2.05) is 25.1 Å². The Morgan fingerprint density at radius 2 is 2.00 bits per heavy atom. The second-order valence-corrected chi connectivity index (χ2v) is 6.76. The molecule has 0 radical (unpaired) electrons. The molecule has 0 spiro atoms. The Kier molecular flexibility index (Phi) is 8.88. The van der Waals surface area contributed by atoms with Crippen molar-refractivity contribution in [2.24, 2.45) is 4.99 Å². The summed E-state index contributed by atoms with van der Waals surface area (Å²) in [4.78, 5) is 4.31. The van der Waals surface area contributed by atoms with E-state index in [1.54, 1.807) is 14.2 Å². The fraction of sp³-hybridized carbons (Fsp3) is 0.409. The Hall–Kier alpha value is -2.16. The van der Waals surface area contributed by atoms with Gasteiger partial charge in [-0.15, -0.1) is 24.0 Å². The zero-order chi connectivity index (χ0) is 19.9. The number of fused-ring (bicyclic) bond motifs is 1. The first kappa shape index (κ1) is 23.1. The zero-order valence-electron chi connectivity index (χ0n) is 17.5. The molecule has 2 N–H and O–H groups in total. The van der Waals surface area contributed by atoms with Gasteiger partial charge in [0, 0.05) is 37.7 Å². The third-order valence-corrected chi connectivity index (χ3v) is 4.64. The van der Waals surface area contributed by atoms with Crippen LogP contribution in [-0.2, 0) is 19.5 Å². The normalized spacial score (nSPS) is 15.0. The van der Waals surface area contributed by atoms with Crippen LogP contribution in [0.5, 0.6) is 17.2 Å². The van der Waals surface area contributed by atoms with E-state index in [0.717, 1.165) is 40.8 Å². The Labute approximate surface area is 190 Å². The van der Waals surface area contributed by atoms with Gasteiger partial charge in [0.1, 0.15) is 23.4 Å². The highest BCUT2D eigenvalue weighted by Gasteiger charge is 2.21. The average molecular weight is 511 g/mol. The van der Waals surface area contributed by atoms with Crippen molar-refractivity contribution in [2.45, 2.75) is 39.5 Å². The number of nitrogens with zero attached hydrogens (tertiary/aromatic N) is 1. The van der Waals surface area contributed by atoms with Gasteiger partial charge in [0.25, 0.3) is 0 Å². The average Bonchev–Trinajstić information content (AvgIpc) is 3.07. The minimum absolute atomic E-state index is 0. The van der Waals surface area contributed by atoms with Gasteiger partial charge in [-0.05, 0) is 43.7 Å². The van der Waals surface area contributed by atoms with Gasteiger partial charge in [0.2, 0.25) is 0 Å². The molecule has 0 bridgehead atoms. The van der Waals surface area contributed by atoms with Crippen LogP contribution in [0, 0.1) is 0 Å². The summed E-state index contributed by atoms with van der Waals surface area (Å²) >= 11 is 0. The van der Waals surface area contributed by atoms with Crippen molar-refractivity contribution in [1.82, 2.24) is 10.6 Å². The maximum absolute atomic E-state index is 5.90. The third-order valence-electron chi connectivity index (χ3n) is 4.64. The molecule has 158 valence electrons. The van der Waals surface area contributed by atoms with Crippen LogP contribution in [0.2, 0.25) is 0 Å². The van der Waals surface area contributed by atoms with E-state index in [4.69, 9.17) is 14.2 Å². The van der Waals surface area contributed by atoms with Gasteiger partial charge in [-0.3, -0.25) is 4.99 Å². The quantitative estimate of drug-likeness (QED) is 0.336. The van der Waals surface area contributed by atoms with E-state index in [0.29, 0.717) is 19.7 Å². The number of methoxy groups -OCH3 is 1. The molecule has 1 aliphatic rings. The number of nitrogens with one attached hydrogen (secondary N) is 2. The van der Waals surface area contributed by atoms with Crippen LogP contribution in [0.3, 0.4) is 0 Å². The molecule has 29 heavy (non-hydrogen) atoms. The Morgan fingerprint density at radius 3 is 2.72 bits per heavy atom. The molecule has 0 amide bonds. The van der Waals surface area contributed by atoms with E-state index >= 15 is 0 Å². The maximum atomic E-state index is 5.90. The van der Waals surface area contributed by atoms with Crippen molar-refractivity contribution >= 4 is 29.9 Å². The highest BCUT2D eigenvalue weighted by atomic mass is 127. The lowest BCUT2D eigenvalue weighted by Crippen LogP contribution is -2.36. The Bertz CT molecular complexity index is 842. The molecule has 0 aliphatic carbocycles. The number of guanidine groups is 1. The van der Waals surface area contributed by atoms with Gasteiger partial charge in [0.15, 0.2) is 5.96 Å². The van der Waals surface area contributed by atoms with E-state index in [1.165, 1.54) is 5.56 Å². The van der Waals surface area contributed by atoms with Gasteiger partial charge in [-0.25, -0.2) is 0 Å². The molecule has 0 aromatic heterocycles. The van der Waals surface area contributed by atoms with Gasteiger partial charge < -0.3 is 24.8 Å². The zero-order valence-corrected chi connectivity index (χ0v) is 19.8. The second-order valence-electron chi connectivity index (χ2n) is 6.76. The lowest BCUT2D eigenvalue weighted by atomic mass is 10.1. The highest BCUT2D eigenvalue weighted by molar-refractivity contribution is 14.0. The first-order valence-corrected chi connectivity index (χ1v) is 9.65. The first-order chi connectivity index (χ1) is 13.6. The molecule has 1 aliphatic heterocycles. The summed E-state index contributed by atoms with van der Waals surface area (Å²) in [6, 6.07) is 12.1. The number of halogens is 1. The molecule has 1 heterocycles. The lowest BCUT2D eigenvalue weighted by Gasteiger charge is -2.16. The SMILES string of the molecule is CCOc1cc2c(cc1CNC(=NC)NCc1cccc(OC)c1)OC(C)C2.I. The van der Waals surface area contributed by atoms with Crippen LogP contribution in [-0.4, -0.2) is 32.8 Å². The summed E-state index contributed by atoms with van der Waals surface area (Å²) in [7, 11) is 3.43.